The van der Waals surface area contributed by atoms with Crippen LogP contribution in [0.2, 0.25) is 0 Å². The van der Waals surface area contributed by atoms with Crippen LogP contribution in [0.25, 0.3) is 11.5 Å². The normalized spacial score (nSPS) is 16.5. The molecule has 0 atom stereocenters. The Bertz CT molecular complexity index is 795. The molecule has 0 radical (unpaired) electrons. The van der Waals surface area contributed by atoms with Crippen LogP contribution in [0.5, 0.6) is 0 Å². The Kier molecular flexibility index (Phi) is 3.07. The van der Waals surface area contributed by atoms with Crippen LogP contribution < -0.4 is 4.90 Å². The summed E-state index contributed by atoms with van der Waals surface area (Å²) in [5, 5.41) is 4.39. The fraction of sp³-hybridized carbons (Fsp3) is 0.400. The van der Waals surface area contributed by atoms with Crippen molar-refractivity contribution in [1.82, 2.24) is 29.0 Å². The second-order valence-electron chi connectivity index (χ2n) is 5.71. The molecule has 7 nitrogen and oxygen atoms in total. The van der Waals surface area contributed by atoms with Gasteiger partial charge < -0.3 is 9.80 Å². The highest BCUT2D eigenvalue weighted by atomic mass is 15.3. The smallest absolute Gasteiger partial charge is 0.159 e. The molecular formula is C15H19N7. The minimum absolute atomic E-state index is 0.861. The fourth-order valence-electron chi connectivity index (χ4n) is 2.87. The molecule has 4 rings (SSSR count). The summed E-state index contributed by atoms with van der Waals surface area (Å²) in [4.78, 5) is 13.8. The topological polar surface area (TPSA) is 54.5 Å². The zero-order valence-electron chi connectivity index (χ0n) is 12.8. The van der Waals surface area contributed by atoms with Gasteiger partial charge in [-0.15, -0.1) is 0 Å². The Morgan fingerprint density at radius 3 is 2.64 bits per heavy atom. The average Bonchev–Trinajstić information content (AvgIpc) is 3.15. The first-order valence-electron chi connectivity index (χ1n) is 7.51. The minimum Gasteiger partial charge on any atom is -0.354 e. The summed E-state index contributed by atoms with van der Waals surface area (Å²) in [6.45, 7) is 6.11. The summed E-state index contributed by atoms with van der Waals surface area (Å²) in [7, 11) is 2.16. The number of fused-ring (bicyclic) bond motifs is 1. The van der Waals surface area contributed by atoms with E-state index in [0.717, 1.165) is 49.3 Å². The molecule has 0 saturated carbocycles. The van der Waals surface area contributed by atoms with E-state index in [2.05, 4.69) is 33.0 Å². The van der Waals surface area contributed by atoms with Gasteiger partial charge in [0.1, 0.15) is 17.5 Å². The SMILES string of the molecule is Cc1nccn1-c1cc(N2CCN(C)CC2)nc2ccnn12. The van der Waals surface area contributed by atoms with Crippen molar-refractivity contribution in [1.29, 1.82) is 0 Å². The van der Waals surface area contributed by atoms with Crippen molar-refractivity contribution >= 4 is 11.5 Å². The molecule has 3 aromatic rings. The number of piperazine rings is 1. The maximum absolute atomic E-state index is 4.76. The van der Waals surface area contributed by atoms with E-state index in [1.165, 1.54) is 0 Å². The van der Waals surface area contributed by atoms with Crippen LogP contribution >= 0.6 is 0 Å². The third kappa shape index (κ3) is 2.14. The van der Waals surface area contributed by atoms with Crippen molar-refractivity contribution in [3.05, 3.63) is 36.5 Å². The van der Waals surface area contributed by atoms with Crippen LogP contribution in [0.15, 0.2) is 30.7 Å². The average molecular weight is 297 g/mol. The van der Waals surface area contributed by atoms with Gasteiger partial charge in [-0.25, -0.2) is 9.97 Å². The predicted octanol–water partition coefficient (Wildman–Crippen LogP) is 0.975. The maximum atomic E-state index is 4.76. The van der Waals surface area contributed by atoms with Crippen molar-refractivity contribution in [2.45, 2.75) is 6.92 Å². The van der Waals surface area contributed by atoms with Gasteiger partial charge in [0, 0.05) is 50.7 Å². The zero-order chi connectivity index (χ0) is 15.1. The number of imidazole rings is 1. The zero-order valence-corrected chi connectivity index (χ0v) is 12.8. The van der Waals surface area contributed by atoms with Gasteiger partial charge in [0.05, 0.1) is 6.20 Å². The number of rotatable bonds is 2. The summed E-state index contributed by atoms with van der Waals surface area (Å²) in [6, 6.07) is 4.04. The molecule has 0 aromatic carbocycles. The van der Waals surface area contributed by atoms with E-state index in [0.29, 0.717) is 0 Å². The monoisotopic (exact) mass is 297 g/mol. The largest absolute Gasteiger partial charge is 0.354 e. The number of anilines is 1. The van der Waals surface area contributed by atoms with Crippen LogP contribution in [-0.2, 0) is 0 Å². The second-order valence-corrected chi connectivity index (χ2v) is 5.71. The van der Waals surface area contributed by atoms with E-state index >= 15 is 0 Å². The lowest BCUT2D eigenvalue weighted by atomic mass is 10.3. The van der Waals surface area contributed by atoms with Crippen LogP contribution in [0.4, 0.5) is 5.82 Å². The standard InChI is InChI=1S/C15H19N7/c1-12-16-5-6-21(12)15-11-14(18-13-3-4-17-22(13)15)20-9-7-19(2)8-10-20/h3-6,11H,7-10H2,1-2H3. The molecule has 1 saturated heterocycles. The van der Waals surface area contributed by atoms with Crippen molar-refractivity contribution in [3.8, 4) is 5.82 Å². The Morgan fingerprint density at radius 1 is 1.09 bits per heavy atom. The molecular weight excluding hydrogens is 278 g/mol. The number of hydrogen-bond acceptors (Lipinski definition) is 5. The predicted molar refractivity (Wildman–Crippen MR) is 84.6 cm³/mol. The molecule has 4 heterocycles. The number of aryl methyl sites for hydroxylation is 1. The first kappa shape index (κ1) is 13.3. The number of nitrogens with zero attached hydrogens (tertiary/aromatic N) is 7. The quantitative estimate of drug-likeness (QED) is 0.705. The van der Waals surface area contributed by atoms with E-state index in [1.807, 2.05) is 28.3 Å². The van der Waals surface area contributed by atoms with E-state index in [-0.39, 0.29) is 0 Å². The minimum atomic E-state index is 0.861. The van der Waals surface area contributed by atoms with E-state index in [9.17, 15) is 0 Å². The van der Waals surface area contributed by atoms with Gasteiger partial charge in [-0.1, -0.05) is 0 Å². The van der Waals surface area contributed by atoms with E-state index in [1.54, 1.807) is 12.4 Å². The van der Waals surface area contributed by atoms with Crippen LogP contribution in [0.1, 0.15) is 5.82 Å². The fourth-order valence-corrected chi connectivity index (χ4v) is 2.87. The van der Waals surface area contributed by atoms with Gasteiger partial charge in [-0.2, -0.15) is 9.61 Å². The Balaban J connectivity index is 1.82. The molecule has 22 heavy (non-hydrogen) atoms. The first-order valence-corrected chi connectivity index (χ1v) is 7.51. The molecule has 7 heteroatoms. The van der Waals surface area contributed by atoms with Gasteiger partial charge in [-0.3, -0.25) is 4.57 Å². The number of aromatic nitrogens is 5. The van der Waals surface area contributed by atoms with E-state index < -0.39 is 0 Å². The van der Waals surface area contributed by atoms with Crippen molar-refractivity contribution < 1.29 is 0 Å². The molecule has 0 unspecified atom stereocenters. The molecule has 114 valence electrons. The summed E-state index contributed by atoms with van der Waals surface area (Å²) in [5.74, 6) is 2.91. The molecule has 0 spiro atoms. The van der Waals surface area contributed by atoms with Crippen LogP contribution in [0, 0.1) is 6.92 Å². The third-order valence-corrected chi connectivity index (χ3v) is 4.23. The maximum Gasteiger partial charge on any atom is 0.159 e. The highest BCUT2D eigenvalue weighted by molar-refractivity contribution is 5.54. The lowest BCUT2D eigenvalue weighted by Crippen LogP contribution is -2.44. The third-order valence-electron chi connectivity index (χ3n) is 4.23. The Labute approximate surface area is 128 Å². The van der Waals surface area contributed by atoms with Crippen LogP contribution in [0.3, 0.4) is 0 Å². The first-order chi connectivity index (χ1) is 10.7. The van der Waals surface area contributed by atoms with E-state index in [4.69, 9.17) is 4.98 Å². The molecule has 0 N–H and O–H groups in total. The molecule has 1 aliphatic heterocycles. The summed E-state index contributed by atoms with van der Waals surface area (Å²) >= 11 is 0. The lowest BCUT2D eigenvalue weighted by molar-refractivity contribution is 0.312. The molecule has 0 bridgehead atoms. The second kappa shape index (κ2) is 5.10. The summed E-state index contributed by atoms with van der Waals surface area (Å²) in [5.41, 5.74) is 0.861. The van der Waals surface area contributed by atoms with Gasteiger partial charge in [0.2, 0.25) is 0 Å². The van der Waals surface area contributed by atoms with Crippen molar-refractivity contribution in [2.75, 3.05) is 38.1 Å². The number of likely N-dealkylation sites (N-methyl/N-ethyl adjacent to an activating group) is 1. The number of hydrogen-bond donors (Lipinski definition) is 0. The lowest BCUT2D eigenvalue weighted by Gasteiger charge is -2.33. The van der Waals surface area contributed by atoms with Gasteiger partial charge in [0.25, 0.3) is 0 Å². The molecule has 0 amide bonds. The van der Waals surface area contributed by atoms with Gasteiger partial charge in [-0.05, 0) is 14.0 Å². The molecule has 0 aliphatic carbocycles. The van der Waals surface area contributed by atoms with Crippen LogP contribution in [-0.4, -0.2) is 62.3 Å². The highest BCUT2D eigenvalue weighted by Gasteiger charge is 2.18. The van der Waals surface area contributed by atoms with Crippen molar-refractivity contribution in [3.63, 3.8) is 0 Å². The van der Waals surface area contributed by atoms with Gasteiger partial charge in [0.15, 0.2) is 5.65 Å². The Morgan fingerprint density at radius 2 is 1.91 bits per heavy atom. The van der Waals surface area contributed by atoms with Crippen molar-refractivity contribution in [2.24, 2.45) is 0 Å². The molecule has 1 aliphatic rings. The van der Waals surface area contributed by atoms with Gasteiger partial charge >= 0.3 is 0 Å². The summed E-state index contributed by atoms with van der Waals surface area (Å²) in [6.07, 6.45) is 5.55. The highest BCUT2D eigenvalue weighted by Crippen LogP contribution is 2.20. The summed E-state index contributed by atoms with van der Waals surface area (Å²) < 4.78 is 3.90. The molecule has 3 aromatic heterocycles. The Hall–Kier alpha value is -2.41. The molecule has 1 fully saturated rings.